The summed E-state index contributed by atoms with van der Waals surface area (Å²) in [6.07, 6.45) is 1.43. The Morgan fingerprint density at radius 3 is 2.64 bits per heavy atom. The van der Waals surface area contributed by atoms with Crippen LogP contribution in [0.5, 0.6) is 0 Å². The Hall–Kier alpha value is -3.61. The standard InChI is InChI=1S/C21H21N5O2/c1-25(2)15-9-7-14(8-10-15)11-22-18(27)12-26-13-23-19-16-5-3-4-6-17(16)24-20(19)21(26)28/h3-10,13,24H,11-12H2,1-2H3,(H,22,27). The van der Waals surface area contributed by atoms with Gasteiger partial charge in [0.05, 0.1) is 6.33 Å². The number of benzene rings is 2. The maximum absolute atomic E-state index is 12.7. The van der Waals surface area contributed by atoms with Crippen LogP contribution in [-0.4, -0.2) is 34.5 Å². The van der Waals surface area contributed by atoms with Crippen molar-refractivity contribution < 1.29 is 4.79 Å². The molecule has 4 rings (SSSR count). The van der Waals surface area contributed by atoms with Gasteiger partial charge in [0.15, 0.2) is 0 Å². The summed E-state index contributed by atoms with van der Waals surface area (Å²) >= 11 is 0. The van der Waals surface area contributed by atoms with E-state index in [0.717, 1.165) is 22.2 Å². The molecule has 7 nitrogen and oxygen atoms in total. The highest BCUT2D eigenvalue weighted by molar-refractivity contribution is 6.04. The maximum atomic E-state index is 12.7. The number of nitrogens with zero attached hydrogens (tertiary/aromatic N) is 3. The van der Waals surface area contributed by atoms with Gasteiger partial charge in [-0.2, -0.15) is 0 Å². The van der Waals surface area contributed by atoms with E-state index in [9.17, 15) is 9.59 Å². The van der Waals surface area contributed by atoms with Crippen molar-refractivity contribution in [1.82, 2.24) is 19.9 Å². The molecule has 2 heterocycles. The zero-order chi connectivity index (χ0) is 19.7. The predicted molar refractivity (Wildman–Crippen MR) is 110 cm³/mol. The van der Waals surface area contributed by atoms with Crippen LogP contribution in [0.4, 0.5) is 5.69 Å². The molecule has 0 radical (unpaired) electrons. The number of para-hydroxylation sites is 1. The van der Waals surface area contributed by atoms with Gasteiger partial charge in [-0.25, -0.2) is 4.98 Å². The van der Waals surface area contributed by atoms with Crippen molar-refractivity contribution in [2.45, 2.75) is 13.1 Å². The monoisotopic (exact) mass is 375 g/mol. The van der Waals surface area contributed by atoms with Gasteiger partial charge in [0.1, 0.15) is 17.6 Å². The number of hydrogen-bond acceptors (Lipinski definition) is 4. The second kappa shape index (κ2) is 7.19. The average molecular weight is 375 g/mol. The zero-order valence-electron chi connectivity index (χ0n) is 15.8. The summed E-state index contributed by atoms with van der Waals surface area (Å²) in [7, 11) is 3.96. The fraction of sp³-hybridized carbons (Fsp3) is 0.190. The summed E-state index contributed by atoms with van der Waals surface area (Å²) in [6, 6.07) is 15.6. The molecule has 0 bridgehead atoms. The summed E-state index contributed by atoms with van der Waals surface area (Å²) < 4.78 is 1.32. The van der Waals surface area contributed by atoms with E-state index in [1.165, 1.54) is 10.9 Å². The first-order valence-corrected chi connectivity index (χ1v) is 9.02. The molecule has 0 aliphatic carbocycles. The third kappa shape index (κ3) is 3.34. The van der Waals surface area contributed by atoms with Crippen LogP contribution in [0.15, 0.2) is 59.7 Å². The van der Waals surface area contributed by atoms with E-state index in [1.54, 1.807) is 0 Å². The minimum atomic E-state index is -0.258. The molecule has 0 saturated carbocycles. The van der Waals surface area contributed by atoms with Crippen LogP contribution >= 0.6 is 0 Å². The Bertz CT molecular complexity index is 1210. The fourth-order valence-electron chi connectivity index (χ4n) is 3.18. The molecule has 0 aliphatic heterocycles. The number of H-pyrrole nitrogens is 1. The van der Waals surface area contributed by atoms with Crippen LogP contribution in [0.1, 0.15) is 5.56 Å². The van der Waals surface area contributed by atoms with Crippen molar-refractivity contribution >= 4 is 33.5 Å². The molecule has 0 aliphatic rings. The molecule has 7 heteroatoms. The Kier molecular flexibility index (Phi) is 4.57. The van der Waals surface area contributed by atoms with Gasteiger partial charge in [0.2, 0.25) is 5.91 Å². The van der Waals surface area contributed by atoms with Gasteiger partial charge in [0.25, 0.3) is 5.56 Å². The molecule has 0 atom stereocenters. The highest BCUT2D eigenvalue weighted by atomic mass is 16.2. The number of anilines is 1. The van der Waals surface area contributed by atoms with Crippen LogP contribution in [0.2, 0.25) is 0 Å². The molecule has 28 heavy (non-hydrogen) atoms. The number of carbonyl (C=O) groups excluding carboxylic acids is 1. The smallest absolute Gasteiger partial charge is 0.278 e. The number of amides is 1. The van der Waals surface area contributed by atoms with Gasteiger partial charge >= 0.3 is 0 Å². The number of fused-ring (bicyclic) bond motifs is 3. The van der Waals surface area contributed by atoms with E-state index in [0.29, 0.717) is 17.6 Å². The summed E-state index contributed by atoms with van der Waals surface area (Å²) in [6.45, 7) is 0.330. The summed E-state index contributed by atoms with van der Waals surface area (Å²) in [5, 5.41) is 3.74. The molecule has 2 aromatic carbocycles. The Morgan fingerprint density at radius 2 is 1.89 bits per heavy atom. The van der Waals surface area contributed by atoms with Crippen LogP contribution < -0.4 is 15.8 Å². The first kappa shape index (κ1) is 17.8. The lowest BCUT2D eigenvalue weighted by Gasteiger charge is -2.13. The first-order chi connectivity index (χ1) is 13.5. The van der Waals surface area contributed by atoms with Crippen LogP contribution in [-0.2, 0) is 17.9 Å². The van der Waals surface area contributed by atoms with Gasteiger partial charge < -0.3 is 15.2 Å². The Balaban J connectivity index is 1.48. The van der Waals surface area contributed by atoms with Crippen LogP contribution in [0, 0.1) is 0 Å². The van der Waals surface area contributed by atoms with Crippen molar-refractivity contribution in [1.29, 1.82) is 0 Å². The van der Waals surface area contributed by atoms with E-state index in [4.69, 9.17) is 0 Å². The highest BCUT2D eigenvalue weighted by Gasteiger charge is 2.12. The van der Waals surface area contributed by atoms with Crippen molar-refractivity contribution in [2.75, 3.05) is 19.0 Å². The van der Waals surface area contributed by atoms with Crippen molar-refractivity contribution in [3.63, 3.8) is 0 Å². The SMILES string of the molecule is CN(C)c1ccc(CNC(=O)Cn2cnc3c([nH]c4ccccc43)c2=O)cc1. The summed E-state index contributed by atoms with van der Waals surface area (Å²) in [4.78, 5) is 34.5. The number of aromatic nitrogens is 3. The molecule has 0 spiro atoms. The number of nitrogens with one attached hydrogen (secondary N) is 2. The average Bonchev–Trinajstić information content (AvgIpc) is 3.08. The summed E-state index contributed by atoms with van der Waals surface area (Å²) in [5.74, 6) is -0.240. The lowest BCUT2D eigenvalue weighted by molar-refractivity contribution is -0.121. The van der Waals surface area contributed by atoms with E-state index >= 15 is 0 Å². The highest BCUT2D eigenvalue weighted by Crippen LogP contribution is 2.20. The molecule has 0 fully saturated rings. The first-order valence-electron chi connectivity index (χ1n) is 9.02. The van der Waals surface area contributed by atoms with E-state index in [-0.39, 0.29) is 18.0 Å². The molecule has 4 aromatic rings. The van der Waals surface area contributed by atoms with E-state index in [1.807, 2.05) is 67.5 Å². The van der Waals surface area contributed by atoms with Crippen LogP contribution in [0.3, 0.4) is 0 Å². The molecule has 2 aromatic heterocycles. The number of carbonyl (C=O) groups is 1. The molecule has 2 N–H and O–H groups in total. The maximum Gasteiger partial charge on any atom is 0.278 e. The molecular formula is C21H21N5O2. The normalized spacial score (nSPS) is 11.1. The minimum absolute atomic E-state index is 0.0765. The number of rotatable bonds is 5. The van der Waals surface area contributed by atoms with Crippen molar-refractivity contribution in [3.8, 4) is 0 Å². The molecule has 0 saturated heterocycles. The topological polar surface area (TPSA) is 83.0 Å². The van der Waals surface area contributed by atoms with Crippen molar-refractivity contribution in [3.05, 3.63) is 70.8 Å². The largest absolute Gasteiger partial charge is 0.378 e. The molecular weight excluding hydrogens is 354 g/mol. The third-order valence-corrected chi connectivity index (χ3v) is 4.74. The fourth-order valence-corrected chi connectivity index (χ4v) is 3.18. The van der Waals surface area contributed by atoms with E-state index < -0.39 is 0 Å². The second-order valence-electron chi connectivity index (χ2n) is 6.91. The van der Waals surface area contributed by atoms with Crippen LogP contribution in [0.25, 0.3) is 21.9 Å². The minimum Gasteiger partial charge on any atom is -0.378 e. The quantitative estimate of drug-likeness (QED) is 0.561. The van der Waals surface area contributed by atoms with Crippen molar-refractivity contribution in [2.24, 2.45) is 0 Å². The Labute approximate surface area is 161 Å². The van der Waals surface area contributed by atoms with Gasteiger partial charge in [0, 0.05) is 37.2 Å². The Morgan fingerprint density at radius 1 is 1.14 bits per heavy atom. The zero-order valence-corrected chi connectivity index (χ0v) is 15.8. The van der Waals surface area contributed by atoms with Gasteiger partial charge in [-0.1, -0.05) is 30.3 Å². The molecule has 142 valence electrons. The van der Waals surface area contributed by atoms with Gasteiger partial charge in [-0.3, -0.25) is 14.2 Å². The van der Waals surface area contributed by atoms with Gasteiger partial charge in [-0.15, -0.1) is 0 Å². The lowest BCUT2D eigenvalue weighted by Crippen LogP contribution is -2.32. The third-order valence-electron chi connectivity index (χ3n) is 4.74. The second-order valence-corrected chi connectivity index (χ2v) is 6.91. The van der Waals surface area contributed by atoms with Gasteiger partial charge in [-0.05, 0) is 23.8 Å². The number of hydrogen-bond donors (Lipinski definition) is 2. The molecule has 0 unspecified atom stereocenters. The van der Waals surface area contributed by atoms with E-state index in [2.05, 4.69) is 15.3 Å². The summed E-state index contributed by atoms with van der Waals surface area (Å²) in [5.41, 5.74) is 3.72. The number of aromatic amines is 1. The molecule has 1 amide bonds. The lowest BCUT2D eigenvalue weighted by atomic mass is 10.2. The predicted octanol–water partition coefficient (Wildman–Crippen LogP) is 2.26.